The number of fused-ring (bicyclic) bond motifs is 5. The van der Waals surface area contributed by atoms with Gasteiger partial charge in [-0.2, -0.15) is 0 Å². The van der Waals surface area contributed by atoms with E-state index in [1.165, 1.54) is 57.8 Å². The summed E-state index contributed by atoms with van der Waals surface area (Å²) in [5, 5.41) is 10.3. The first-order valence-electron chi connectivity index (χ1n) is 10.6. The lowest BCUT2D eigenvalue weighted by Gasteiger charge is -2.61. The van der Waals surface area contributed by atoms with Gasteiger partial charge in [0.25, 0.3) is 0 Å². The number of aliphatic hydroxyl groups excluding tert-OH is 1. The van der Waals surface area contributed by atoms with Gasteiger partial charge in [0, 0.05) is 7.11 Å². The molecular weight excluding hydrogens is 296 g/mol. The van der Waals surface area contributed by atoms with Crippen molar-refractivity contribution in [2.45, 2.75) is 90.8 Å². The van der Waals surface area contributed by atoms with E-state index >= 15 is 0 Å². The van der Waals surface area contributed by atoms with Crippen molar-refractivity contribution in [2.75, 3.05) is 7.11 Å². The van der Waals surface area contributed by atoms with E-state index in [2.05, 4.69) is 13.8 Å². The molecule has 0 saturated heterocycles. The molecule has 2 nitrogen and oxygen atoms in total. The molecule has 0 amide bonds. The highest BCUT2D eigenvalue weighted by molar-refractivity contribution is 5.09. The Hall–Kier alpha value is -0.0800. The maximum atomic E-state index is 10.3. The highest BCUT2D eigenvalue weighted by Gasteiger charge is 2.60. The molecule has 4 fully saturated rings. The van der Waals surface area contributed by atoms with Crippen LogP contribution < -0.4 is 0 Å². The molecule has 4 aliphatic carbocycles. The summed E-state index contributed by atoms with van der Waals surface area (Å²) in [5.74, 6) is 4.15. The Bertz CT molecular complexity index is 475. The molecule has 9 atom stereocenters. The first-order chi connectivity index (χ1) is 11.4. The van der Waals surface area contributed by atoms with Gasteiger partial charge in [0.1, 0.15) is 0 Å². The standard InChI is InChI=1S/C22H38O2/c1-14(23)18-7-8-19-17-6-5-15-13-16(24-4)9-11-21(15,2)20(17)10-12-22(18,19)3/h14-20,23H,5-13H2,1-4H3/t14?,15?,16-,17?,18+,19?,20?,21?,22?/m0/s1. The molecule has 7 unspecified atom stereocenters. The normalized spacial score (nSPS) is 55.4. The monoisotopic (exact) mass is 334 g/mol. The molecule has 4 aliphatic rings. The lowest BCUT2D eigenvalue weighted by molar-refractivity contribution is -0.135. The summed E-state index contributed by atoms with van der Waals surface area (Å²) in [4.78, 5) is 0. The van der Waals surface area contributed by atoms with Gasteiger partial charge in [-0.05, 0) is 105 Å². The van der Waals surface area contributed by atoms with Crippen molar-refractivity contribution >= 4 is 0 Å². The van der Waals surface area contributed by atoms with Crippen molar-refractivity contribution < 1.29 is 9.84 Å². The molecule has 0 aromatic rings. The van der Waals surface area contributed by atoms with E-state index in [1.807, 2.05) is 14.0 Å². The molecule has 24 heavy (non-hydrogen) atoms. The van der Waals surface area contributed by atoms with Gasteiger partial charge in [0.05, 0.1) is 12.2 Å². The van der Waals surface area contributed by atoms with E-state index in [1.54, 1.807) is 0 Å². The zero-order valence-corrected chi connectivity index (χ0v) is 16.3. The molecule has 0 radical (unpaired) electrons. The van der Waals surface area contributed by atoms with Crippen molar-refractivity contribution in [1.82, 2.24) is 0 Å². The van der Waals surface area contributed by atoms with Crippen molar-refractivity contribution in [3.05, 3.63) is 0 Å². The summed E-state index contributed by atoms with van der Waals surface area (Å²) < 4.78 is 5.72. The third-order valence-corrected chi connectivity index (χ3v) is 9.61. The Morgan fingerprint density at radius 3 is 2.33 bits per heavy atom. The van der Waals surface area contributed by atoms with Crippen LogP contribution in [0.2, 0.25) is 0 Å². The Labute approximate surface area is 148 Å². The van der Waals surface area contributed by atoms with E-state index in [0.717, 1.165) is 23.7 Å². The number of rotatable bonds is 2. The largest absolute Gasteiger partial charge is 0.393 e. The molecule has 4 saturated carbocycles. The third-order valence-electron chi connectivity index (χ3n) is 9.61. The molecule has 0 spiro atoms. The van der Waals surface area contributed by atoms with E-state index in [9.17, 15) is 5.11 Å². The molecule has 0 aliphatic heterocycles. The van der Waals surface area contributed by atoms with Gasteiger partial charge < -0.3 is 9.84 Å². The van der Waals surface area contributed by atoms with Crippen LogP contribution in [-0.4, -0.2) is 24.4 Å². The van der Waals surface area contributed by atoms with Crippen LogP contribution in [0.15, 0.2) is 0 Å². The van der Waals surface area contributed by atoms with Crippen molar-refractivity contribution in [2.24, 2.45) is 40.4 Å². The zero-order valence-electron chi connectivity index (χ0n) is 16.3. The van der Waals surface area contributed by atoms with Crippen LogP contribution >= 0.6 is 0 Å². The fraction of sp³-hybridized carbons (Fsp3) is 1.00. The maximum Gasteiger partial charge on any atom is 0.0574 e. The Balaban J connectivity index is 1.58. The summed E-state index contributed by atoms with van der Waals surface area (Å²) in [7, 11) is 1.90. The molecule has 0 heterocycles. The van der Waals surface area contributed by atoms with Gasteiger partial charge >= 0.3 is 0 Å². The Morgan fingerprint density at radius 1 is 0.917 bits per heavy atom. The molecular formula is C22H38O2. The van der Waals surface area contributed by atoms with Crippen LogP contribution in [0.25, 0.3) is 0 Å². The average Bonchev–Trinajstić information content (AvgIpc) is 2.91. The molecule has 0 bridgehead atoms. The summed E-state index contributed by atoms with van der Waals surface area (Å²) in [6.45, 7) is 7.19. The van der Waals surface area contributed by atoms with Crippen LogP contribution in [0.4, 0.5) is 0 Å². The lowest BCUT2D eigenvalue weighted by atomic mass is 9.44. The van der Waals surface area contributed by atoms with E-state index in [-0.39, 0.29) is 6.10 Å². The fourth-order valence-corrected chi connectivity index (χ4v) is 8.27. The van der Waals surface area contributed by atoms with Crippen molar-refractivity contribution in [1.29, 1.82) is 0 Å². The molecule has 0 aromatic heterocycles. The van der Waals surface area contributed by atoms with Gasteiger partial charge in [-0.3, -0.25) is 0 Å². The highest BCUT2D eigenvalue weighted by atomic mass is 16.5. The van der Waals surface area contributed by atoms with Gasteiger partial charge in [0.2, 0.25) is 0 Å². The van der Waals surface area contributed by atoms with Crippen molar-refractivity contribution in [3.8, 4) is 0 Å². The van der Waals surface area contributed by atoms with E-state index in [4.69, 9.17) is 4.74 Å². The summed E-state index contributed by atoms with van der Waals surface area (Å²) in [6, 6.07) is 0. The highest BCUT2D eigenvalue weighted by Crippen LogP contribution is 2.67. The Kier molecular flexibility index (Phi) is 4.32. The number of hydrogen-bond donors (Lipinski definition) is 1. The van der Waals surface area contributed by atoms with Crippen LogP contribution in [0.1, 0.15) is 78.6 Å². The quantitative estimate of drug-likeness (QED) is 0.766. The topological polar surface area (TPSA) is 29.5 Å². The van der Waals surface area contributed by atoms with Crippen LogP contribution in [0.5, 0.6) is 0 Å². The lowest BCUT2D eigenvalue weighted by Crippen LogP contribution is -2.54. The average molecular weight is 335 g/mol. The summed E-state index contributed by atoms with van der Waals surface area (Å²) in [6.07, 6.45) is 12.6. The molecule has 0 aromatic carbocycles. The Morgan fingerprint density at radius 2 is 1.62 bits per heavy atom. The minimum absolute atomic E-state index is 0.124. The zero-order chi connectivity index (χ0) is 17.1. The number of aliphatic hydroxyl groups is 1. The maximum absolute atomic E-state index is 10.3. The number of ether oxygens (including phenoxy) is 1. The van der Waals surface area contributed by atoms with Gasteiger partial charge in [-0.15, -0.1) is 0 Å². The molecule has 4 rings (SSSR count). The predicted molar refractivity (Wildman–Crippen MR) is 97.7 cm³/mol. The van der Waals surface area contributed by atoms with Crippen LogP contribution in [0.3, 0.4) is 0 Å². The number of hydrogen-bond acceptors (Lipinski definition) is 2. The summed E-state index contributed by atoms with van der Waals surface area (Å²) >= 11 is 0. The van der Waals surface area contributed by atoms with Crippen molar-refractivity contribution in [3.63, 3.8) is 0 Å². The molecule has 1 N–H and O–H groups in total. The first kappa shape index (κ1) is 17.3. The first-order valence-corrected chi connectivity index (χ1v) is 10.6. The molecule has 138 valence electrons. The van der Waals surface area contributed by atoms with Crippen LogP contribution in [0, 0.1) is 40.4 Å². The number of methoxy groups -OCH3 is 1. The second-order valence-corrected chi connectivity index (χ2v) is 10.3. The SMILES string of the molecule is CO[C@H]1CCC2(C)C(CCC3C2CCC2(C)C3CC[C@@H]2C(C)O)C1. The minimum atomic E-state index is -0.124. The molecule has 2 heteroatoms. The third kappa shape index (κ3) is 2.35. The van der Waals surface area contributed by atoms with E-state index < -0.39 is 0 Å². The van der Waals surface area contributed by atoms with Crippen LogP contribution in [-0.2, 0) is 4.74 Å². The predicted octanol–water partition coefficient (Wildman–Crippen LogP) is 5.04. The van der Waals surface area contributed by atoms with Gasteiger partial charge in [-0.25, -0.2) is 0 Å². The van der Waals surface area contributed by atoms with E-state index in [0.29, 0.717) is 22.9 Å². The minimum Gasteiger partial charge on any atom is -0.393 e. The second kappa shape index (κ2) is 5.98. The fourth-order valence-electron chi connectivity index (χ4n) is 8.27. The smallest absolute Gasteiger partial charge is 0.0574 e. The second-order valence-electron chi connectivity index (χ2n) is 10.3. The van der Waals surface area contributed by atoms with Gasteiger partial charge in [0.15, 0.2) is 0 Å². The van der Waals surface area contributed by atoms with Gasteiger partial charge in [-0.1, -0.05) is 13.8 Å². The summed E-state index contributed by atoms with van der Waals surface area (Å²) in [5.41, 5.74) is 0.963.